The number of carbonyl (C=O) groups excluding carboxylic acids is 1. The number of pyridine rings is 1. The summed E-state index contributed by atoms with van der Waals surface area (Å²) in [6.45, 7) is 1.52. The van der Waals surface area contributed by atoms with Crippen LogP contribution in [0, 0.1) is 0 Å². The molecule has 120 valence electrons. The van der Waals surface area contributed by atoms with Gasteiger partial charge in [-0.15, -0.1) is 0 Å². The summed E-state index contributed by atoms with van der Waals surface area (Å²) >= 11 is 0. The molecular weight excluding hydrogens is 294 g/mol. The number of rotatable bonds is 6. The first-order chi connectivity index (χ1) is 11.3. The minimum atomic E-state index is -0.226. The number of benzene rings is 1. The SMILES string of the molecule is O=C(Cc1ccc2c(c1)OCCO2)OCCCc1ccncc1. The van der Waals surface area contributed by atoms with Crippen LogP contribution in [-0.4, -0.2) is 30.8 Å². The standard InChI is InChI=1S/C18H19NO4/c20-18(23-9-1-2-14-5-7-19-8-6-14)13-15-3-4-16-17(12-15)22-11-10-21-16/h3-8,12H,1-2,9-11,13H2. The first kappa shape index (κ1) is 15.3. The van der Waals surface area contributed by atoms with Gasteiger partial charge in [0.1, 0.15) is 13.2 Å². The summed E-state index contributed by atoms with van der Waals surface area (Å²) in [7, 11) is 0. The topological polar surface area (TPSA) is 57.7 Å². The highest BCUT2D eigenvalue weighted by Gasteiger charge is 2.13. The summed E-state index contributed by atoms with van der Waals surface area (Å²) in [5, 5.41) is 0. The zero-order chi connectivity index (χ0) is 15.9. The van der Waals surface area contributed by atoms with E-state index in [9.17, 15) is 4.79 Å². The number of hydrogen-bond acceptors (Lipinski definition) is 5. The summed E-state index contributed by atoms with van der Waals surface area (Å²) in [4.78, 5) is 15.9. The van der Waals surface area contributed by atoms with Gasteiger partial charge in [0.15, 0.2) is 11.5 Å². The lowest BCUT2D eigenvalue weighted by atomic mass is 10.1. The summed E-state index contributed by atoms with van der Waals surface area (Å²) < 4.78 is 16.3. The zero-order valence-corrected chi connectivity index (χ0v) is 12.9. The van der Waals surface area contributed by atoms with Crippen LogP contribution in [-0.2, 0) is 22.4 Å². The summed E-state index contributed by atoms with van der Waals surface area (Å²) in [5.41, 5.74) is 2.07. The quantitative estimate of drug-likeness (QED) is 0.606. The Morgan fingerprint density at radius 2 is 1.83 bits per heavy atom. The molecule has 0 saturated heterocycles. The fraction of sp³-hybridized carbons (Fsp3) is 0.333. The maximum atomic E-state index is 11.9. The molecule has 5 heteroatoms. The van der Waals surface area contributed by atoms with Crippen molar-refractivity contribution in [3.63, 3.8) is 0 Å². The van der Waals surface area contributed by atoms with Gasteiger partial charge in [-0.1, -0.05) is 6.07 Å². The number of aromatic nitrogens is 1. The largest absolute Gasteiger partial charge is 0.486 e. The van der Waals surface area contributed by atoms with Crippen molar-refractivity contribution in [3.8, 4) is 11.5 Å². The molecular formula is C18H19NO4. The minimum absolute atomic E-state index is 0.226. The number of ether oxygens (including phenoxy) is 3. The van der Waals surface area contributed by atoms with Crippen LogP contribution in [0.4, 0.5) is 0 Å². The van der Waals surface area contributed by atoms with Crippen LogP contribution in [0.2, 0.25) is 0 Å². The van der Waals surface area contributed by atoms with E-state index < -0.39 is 0 Å². The van der Waals surface area contributed by atoms with Crippen LogP contribution in [0.1, 0.15) is 17.5 Å². The Morgan fingerprint density at radius 1 is 1.04 bits per heavy atom. The molecule has 0 aliphatic carbocycles. The molecule has 1 aromatic carbocycles. The van der Waals surface area contributed by atoms with Gasteiger partial charge in [-0.2, -0.15) is 0 Å². The van der Waals surface area contributed by atoms with E-state index >= 15 is 0 Å². The van der Waals surface area contributed by atoms with Crippen molar-refractivity contribution in [2.75, 3.05) is 19.8 Å². The smallest absolute Gasteiger partial charge is 0.310 e. The zero-order valence-electron chi connectivity index (χ0n) is 12.9. The number of nitrogens with zero attached hydrogens (tertiary/aromatic N) is 1. The van der Waals surface area contributed by atoms with E-state index in [4.69, 9.17) is 14.2 Å². The third-order valence-corrected chi connectivity index (χ3v) is 3.58. The average molecular weight is 313 g/mol. The Labute approximate surface area is 135 Å². The molecule has 1 aliphatic rings. The Balaban J connectivity index is 1.42. The molecule has 0 bridgehead atoms. The number of fused-ring (bicyclic) bond motifs is 1. The summed E-state index contributed by atoms with van der Waals surface area (Å²) in [6.07, 6.45) is 5.45. The number of aryl methyl sites for hydroxylation is 1. The third-order valence-electron chi connectivity index (χ3n) is 3.58. The highest BCUT2D eigenvalue weighted by molar-refractivity contribution is 5.73. The molecule has 0 amide bonds. The van der Waals surface area contributed by atoms with Crippen LogP contribution in [0.15, 0.2) is 42.7 Å². The van der Waals surface area contributed by atoms with E-state index in [1.807, 2.05) is 30.3 Å². The van der Waals surface area contributed by atoms with E-state index in [-0.39, 0.29) is 12.4 Å². The Kier molecular flexibility index (Phi) is 5.09. The van der Waals surface area contributed by atoms with Gasteiger partial charge >= 0.3 is 5.97 Å². The average Bonchev–Trinajstić information content (AvgIpc) is 2.59. The lowest BCUT2D eigenvalue weighted by Crippen LogP contribution is -2.16. The molecule has 1 aliphatic heterocycles. The van der Waals surface area contributed by atoms with Crippen LogP contribution in [0.3, 0.4) is 0 Å². The molecule has 3 rings (SSSR count). The summed E-state index contributed by atoms with van der Waals surface area (Å²) in [5.74, 6) is 1.20. The van der Waals surface area contributed by atoms with Gasteiger partial charge in [-0.3, -0.25) is 9.78 Å². The Bertz CT molecular complexity index is 657. The number of hydrogen-bond donors (Lipinski definition) is 0. The van der Waals surface area contributed by atoms with Crippen molar-refractivity contribution in [1.29, 1.82) is 0 Å². The van der Waals surface area contributed by atoms with Gasteiger partial charge in [-0.25, -0.2) is 0 Å². The molecule has 1 aromatic heterocycles. The van der Waals surface area contributed by atoms with E-state index in [1.54, 1.807) is 12.4 Å². The summed E-state index contributed by atoms with van der Waals surface area (Å²) in [6, 6.07) is 9.48. The first-order valence-electron chi connectivity index (χ1n) is 7.74. The van der Waals surface area contributed by atoms with Crippen LogP contribution < -0.4 is 9.47 Å². The second-order valence-electron chi connectivity index (χ2n) is 5.33. The van der Waals surface area contributed by atoms with Gasteiger partial charge in [-0.05, 0) is 48.2 Å². The molecule has 0 radical (unpaired) electrons. The van der Waals surface area contributed by atoms with Crippen molar-refractivity contribution in [2.45, 2.75) is 19.3 Å². The highest BCUT2D eigenvalue weighted by Crippen LogP contribution is 2.30. The van der Waals surface area contributed by atoms with Crippen molar-refractivity contribution in [2.24, 2.45) is 0 Å². The molecule has 2 heterocycles. The van der Waals surface area contributed by atoms with Crippen molar-refractivity contribution in [3.05, 3.63) is 53.9 Å². The molecule has 0 unspecified atom stereocenters. The molecule has 2 aromatic rings. The fourth-order valence-corrected chi connectivity index (χ4v) is 2.43. The van der Waals surface area contributed by atoms with Gasteiger partial charge in [0, 0.05) is 12.4 Å². The lowest BCUT2D eigenvalue weighted by molar-refractivity contribution is -0.142. The van der Waals surface area contributed by atoms with Crippen molar-refractivity contribution in [1.82, 2.24) is 4.98 Å². The molecule has 0 fully saturated rings. The minimum Gasteiger partial charge on any atom is -0.486 e. The second kappa shape index (κ2) is 7.63. The monoisotopic (exact) mass is 313 g/mol. The third kappa shape index (κ3) is 4.45. The number of esters is 1. The van der Waals surface area contributed by atoms with Crippen LogP contribution in [0.5, 0.6) is 11.5 Å². The van der Waals surface area contributed by atoms with E-state index in [1.165, 1.54) is 5.56 Å². The Morgan fingerprint density at radius 3 is 2.65 bits per heavy atom. The normalized spacial score (nSPS) is 12.7. The predicted molar refractivity (Wildman–Crippen MR) is 84.7 cm³/mol. The first-order valence-corrected chi connectivity index (χ1v) is 7.74. The van der Waals surface area contributed by atoms with Crippen LogP contribution >= 0.6 is 0 Å². The molecule has 0 atom stereocenters. The molecule has 0 saturated carbocycles. The maximum Gasteiger partial charge on any atom is 0.310 e. The molecule has 0 spiro atoms. The van der Waals surface area contributed by atoms with Gasteiger partial charge in [0.2, 0.25) is 0 Å². The van der Waals surface area contributed by atoms with E-state index in [2.05, 4.69) is 4.98 Å². The predicted octanol–water partition coefficient (Wildman–Crippen LogP) is 2.57. The second-order valence-corrected chi connectivity index (χ2v) is 5.33. The van der Waals surface area contributed by atoms with E-state index in [0.29, 0.717) is 25.6 Å². The molecule has 5 nitrogen and oxygen atoms in total. The molecule has 23 heavy (non-hydrogen) atoms. The lowest BCUT2D eigenvalue weighted by Gasteiger charge is -2.18. The molecule has 0 N–H and O–H groups in total. The Hall–Kier alpha value is -2.56. The number of carbonyl (C=O) groups is 1. The van der Waals surface area contributed by atoms with Gasteiger partial charge < -0.3 is 14.2 Å². The van der Waals surface area contributed by atoms with Crippen LogP contribution in [0.25, 0.3) is 0 Å². The van der Waals surface area contributed by atoms with Crippen molar-refractivity contribution < 1.29 is 19.0 Å². The highest BCUT2D eigenvalue weighted by atomic mass is 16.6. The van der Waals surface area contributed by atoms with Crippen molar-refractivity contribution >= 4 is 5.97 Å². The maximum absolute atomic E-state index is 11.9. The van der Waals surface area contributed by atoms with E-state index in [0.717, 1.165) is 24.2 Å². The fourth-order valence-electron chi connectivity index (χ4n) is 2.43. The van der Waals surface area contributed by atoms with Gasteiger partial charge in [0.25, 0.3) is 0 Å². The van der Waals surface area contributed by atoms with Gasteiger partial charge in [0.05, 0.1) is 13.0 Å².